The largest absolute Gasteiger partial charge is 0.370 e. The van der Waals surface area contributed by atoms with Crippen LogP contribution in [0, 0.1) is 0 Å². The fourth-order valence-electron chi connectivity index (χ4n) is 1.62. The van der Waals surface area contributed by atoms with Gasteiger partial charge in [0, 0.05) is 23.2 Å². The molecule has 2 rings (SSSR count). The molecule has 1 aromatic carbocycles. The molecular formula is C13H17N5S. The number of hydrogen-bond acceptors (Lipinski definition) is 6. The molecule has 2 aromatic rings. The molecule has 0 radical (unpaired) electrons. The number of rotatable bonds is 5. The summed E-state index contributed by atoms with van der Waals surface area (Å²) in [6, 6.07) is 9.97. The number of benzene rings is 1. The predicted molar refractivity (Wildman–Crippen MR) is 82.1 cm³/mol. The number of nitrogens with zero attached hydrogens (tertiary/aromatic N) is 2. The van der Waals surface area contributed by atoms with Crippen LogP contribution in [-0.4, -0.2) is 22.8 Å². The molecule has 100 valence electrons. The van der Waals surface area contributed by atoms with Gasteiger partial charge < -0.3 is 16.4 Å². The van der Waals surface area contributed by atoms with Gasteiger partial charge in [0.1, 0.15) is 11.6 Å². The van der Waals surface area contributed by atoms with Crippen molar-refractivity contribution in [1.82, 2.24) is 9.97 Å². The first-order chi connectivity index (χ1) is 9.21. The first-order valence-corrected chi connectivity index (χ1v) is 7.23. The van der Waals surface area contributed by atoms with Crippen LogP contribution in [0.4, 0.5) is 23.3 Å². The standard InChI is InChI=1S/C13H17N5S/c1-3-15-11-8-12(18-13(14)17-11)16-9-4-6-10(19-2)7-5-9/h4-8H,3H2,1-2H3,(H4,14,15,16,17,18). The molecule has 0 spiro atoms. The maximum Gasteiger partial charge on any atom is 0.223 e. The molecule has 0 saturated heterocycles. The zero-order valence-corrected chi connectivity index (χ0v) is 11.8. The first kappa shape index (κ1) is 13.5. The van der Waals surface area contributed by atoms with Crippen molar-refractivity contribution in [2.75, 3.05) is 29.2 Å². The summed E-state index contributed by atoms with van der Waals surface area (Å²) in [5.74, 6) is 1.65. The van der Waals surface area contributed by atoms with E-state index in [1.165, 1.54) is 4.90 Å². The second-order valence-electron chi connectivity index (χ2n) is 3.88. The summed E-state index contributed by atoms with van der Waals surface area (Å²) >= 11 is 1.71. The van der Waals surface area contributed by atoms with Gasteiger partial charge in [-0.25, -0.2) is 0 Å². The number of anilines is 4. The molecule has 4 N–H and O–H groups in total. The van der Waals surface area contributed by atoms with Gasteiger partial charge in [-0.2, -0.15) is 9.97 Å². The monoisotopic (exact) mass is 275 g/mol. The van der Waals surface area contributed by atoms with Gasteiger partial charge in [-0.3, -0.25) is 0 Å². The Labute approximate surface area is 117 Å². The van der Waals surface area contributed by atoms with Crippen molar-refractivity contribution in [3.05, 3.63) is 30.3 Å². The van der Waals surface area contributed by atoms with Gasteiger partial charge in [0.05, 0.1) is 0 Å². The highest BCUT2D eigenvalue weighted by molar-refractivity contribution is 7.98. The van der Waals surface area contributed by atoms with Crippen molar-refractivity contribution < 1.29 is 0 Å². The number of aromatic nitrogens is 2. The summed E-state index contributed by atoms with van der Waals surface area (Å²) in [4.78, 5) is 9.49. The smallest absolute Gasteiger partial charge is 0.223 e. The molecule has 0 saturated carbocycles. The lowest BCUT2D eigenvalue weighted by atomic mass is 10.3. The van der Waals surface area contributed by atoms with Crippen LogP contribution in [0.3, 0.4) is 0 Å². The summed E-state index contributed by atoms with van der Waals surface area (Å²) in [5, 5.41) is 6.33. The predicted octanol–water partition coefficient (Wildman–Crippen LogP) is 2.96. The number of nitrogens with two attached hydrogens (primary N) is 1. The van der Waals surface area contributed by atoms with Crippen LogP contribution in [0.25, 0.3) is 0 Å². The van der Waals surface area contributed by atoms with Crippen LogP contribution in [0.2, 0.25) is 0 Å². The summed E-state index contributed by atoms with van der Waals surface area (Å²) < 4.78 is 0. The topological polar surface area (TPSA) is 75.9 Å². The minimum absolute atomic E-state index is 0.252. The van der Waals surface area contributed by atoms with Gasteiger partial charge >= 0.3 is 0 Å². The van der Waals surface area contributed by atoms with E-state index < -0.39 is 0 Å². The van der Waals surface area contributed by atoms with Crippen molar-refractivity contribution in [2.45, 2.75) is 11.8 Å². The van der Waals surface area contributed by atoms with E-state index in [-0.39, 0.29) is 5.95 Å². The van der Waals surface area contributed by atoms with Crippen molar-refractivity contribution in [1.29, 1.82) is 0 Å². The number of hydrogen-bond donors (Lipinski definition) is 3. The Morgan fingerprint density at radius 1 is 1.16 bits per heavy atom. The molecule has 0 unspecified atom stereocenters. The van der Waals surface area contributed by atoms with E-state index in [0.717, 1.165) is 18.1 Å². The SMILES string of the molecule is CCNc1cc(Nc2ccc(SC)cc2)nc(N)n1. The quantitative estimate of drug-likeness (QED) is 0.728. The molecule has 0 aliphatic rings. The Bertz CT molecular complexity index is 541. The molecule has 0 amide bonds. The van der Waals surface area contributed by atoms with E-state index in [9.17, 15) is 0 Å². The third-order valence-electron chi connectivity index (χ3n) is 2.46. The fraction of sp³-hybridized carbons (Fsp3) is 0.231. The lowest BCUT2D eigenvalue weighted by molar-refractivity contribution is 1.12. The van der Waals surface area contributed by atoms with Crippen LogP contribution in [0.5, 0.6) is 0 Å². The molecule has 6 heteroatoms. The van der Waals surface area contributed by atoms with Gasteiger partial charge in [0.15, 0.2) is 0 Å². The summed E-state index contributed by atoms with van der Waals surface area (Å²) in [6.45, 7) is 2.80. The van der Waals surface area contributed by atoms with Gasteiger partial charge in [-0.1, -0.05) is 0 Å². The lowest BCUT2D eigenvalue weighted by Crippen LogP contribution is -2.05. The molecule has 0 atom stereocenters. The summed E-state index contributed by atoms with van der Waals surface area (Å²) in [5.41, 5.74) is 6.65. The zero-order valence-electron chi connectivity index (χ0n) is 11.0. The van der Waals surface area contributed by atoms with Gasteiger partial charge in [-0.05, 0) is 37.4 Å². The maximum atomic E-state index is 5.68. The molecule has 1 heterocycles. The van der Waals surface area contributed by atoms with Gasteiger partial charge in [0.25, 0.3) is 0 Å². The van der Waals surface area contributed by atoms with E-state index >= 15 is 0 Å². The van der Waals surface area contributed by atoms with E-state index in [2.05, 4.69) is 39.0 Å². The van der Waals surface area contributed by atoms with Crippen LogP contribution in [0.1, 0.15) is 6.92 Å². The summed E-state index contributed by atoms with van der Waals surface area (Å²) in [6.07, 6.45) is 2.05. The van der Waals surface area contributed by atoms with Crippen molar-refractivity contribution >= 4 is 35.0 Å². The minimum Gasteiger partial charge on any atom is -0.370 e. The first-order valence-electron chi connectivity index (χ1n) is 6.00. The van der Waals surface area contributed by atoms with Crippen LogP contribution in [0.15, 0.2) is 35.2 Å². The Balaban J connectivity index is 2.17. The second kappa shape index (κ2) is 6.29. The van der Waals surface area contributed by atoms with E-state index in [1.807, 2.05) is 25.1 Å². The molecule has 1 aromatic heterocycles. The highest BCUT2D eigenvalue weighted by atomic mass is 32.2. The van der Waals surface area contributed by atoms with E-state index in [1.54, 1.807) is 11.8 Å². The number of nitrogen functional groups attached to an aromatic ring is 1. The van der Waals surface area contributed by atoms with E-state index in [0.29, 0.717) is 5.82 Å². The average Bonchev–Trinajstić information content (AvgIpc) is 2.39. The molecule has 0 aliphatic heterocycles. The van der Waals surface area contributed by atoms with Gasteiger partial charge in [-0.15, -0.1) is 11.8 Å². The summed E-state index contributed by atoms with van der Waals surface area (Å²) in [7, 11) is 0. The van der Waals surface area contributed by atoms with Gasteiger partial charge in [0.2, 0.25) is 5.95 Å². The Morgan fingerprint density at radius 2 is 1.84 bits per heavy atom. The van der Waals surface area contributed by atoms with Crippen molar-refractivity contribution in [3.63, 3.8) is 0 Å². The maximum absolute atomic E-state index is 5.68. The number of nitrogens with one attached hydrogen (secondary N) is 2. The second-order valence-corrected chi connectivity index (χ2v) is 4.76. The highest BCUT2D eigenvalue weighted by Gasteiger charge is 2.02. The normalized spacial score (nSPS) is 10.2. The zero-order chi connectivity index (χ0) is 13.7. The van der Waals surface area contributed by atoms with Crippen LogP contribution >= 0.6 is 11.8 Å². The molecule has 5 nitrogen and oxygen atoms in total. The Morgan fingerprint density at radius 3 is 2.47 bits per heavy atom. The Kier molecular flexibility index (Phi) is 4.46. The fourth-order valence-corrected chi connectivity index (χ4v) is 2.03. The van der Waals surface area contributed by atoms with E-state index in [4.69, 9.17) is 5.73 Å². The van der Waals surface area contributed by atoms with Crippen LogP contribution in [-0.2, 0) is 0 Å². The molecule has 0 aliphatic carbocycles. The van der Waals surface area contributed by atoms with Crippen LogP contribution < -0.4 is 16.4 Å². The molecule has 0 bridgehead atoms. The van der Waals surface area contributed by atoms with Crippen molar-refractivity contribution in [2.24, 2.45) is 0 Å². The lowest BCUT2D eigenvalue weighted by Gasteiger charge is -2.09. The third kappa shape index (κ3) is 3.75. The number of thioether (sulfide) groups is 1. The average molecular weight is 275 g/mol. The highest BCUT2D eigenvalue weighted by Crippen LogP contribution is 2.21. The van der Waals surface area contributed by atoms with Crippen molar-refractivity contribution in [3.8, 4) is 0 Å². The molecular weight excluding hydrogens is 258 g/mol. The Hall–Kier alpha value is -1.95. The minimum atomic E-state index is 0.252. The molecule has 0 fully saturated rings. The molecule has 19 heavy (non-hydrogen) atoms. The third-order valence-corrected chi connectivity index (χ3v) is 3.21.